The molecule has 0 unspecified atom stereocenters. The Morgan fingerprint density at radius 3 is 2.71 bits per heavy atom. The molecule has 0 aliphatic carbocycles. The fourth-order valence-electron chi connectivity index (χ4n) is 4.48. The van der Waals surface area contributed by atoms with Gasteiger partial charge in [0.15, 0.2) is 5.65 Å². The fraction of sp³-hybridized carbons (Fsp3) is 0.222. The van der Waals surface area contributed by atoms with Crippen LogP contribution in [-0.2, 0) is 19.6 Å². The summed E-state index contributed by atoms with van der Waals surface area (Å²) in [5.74, 6) is 0.326. The van der Waals surface area contributed by atoms with Crippen molar-refractivity contribution in [1.82, 2.24) is 14.5 Å². The number of rotatable bonds is 4. The first-order valence-corrected chi connectivity index (χ1v) is 11.2. The number of halogens is 2. The van der Waals surface area contributed by atoms with Crippen LogP contribution in [0.4, 0.5) is 8.78 Å². The van der Waals surface area contributed by atoms with Gasteiger partial charge in [0, 0.05) is 29.2 Å². The lowest BCUT2D eigenvalue weighted by atomic mass is 9.90. The van der Waals surface area contributed by atoms with Gasteiger partial charge in [-0.2, -0.15) is 14.6 Å². The Morgan fingerprint density at radius 2 is 1.91 bits per heavy atom. The van der Waals surface area contributed by atoms with Crippen molar-refractivity contribution in [1.29, 1.82) is 5.26 Å². The second-order valence-corrected chi connectivity index (χ2v) is 8.37. The van der Waals surface area contributed by atoms with E-state index in [1.807, 2.05) is 22.8 Å². The normalized spacial score (nSPS) is 14.1. The lowest BCUT2D eigenvalue weighted by Gasteiger charge is -2.14. The summed E-state index contributed by atoms with van der Waals surface area (Å²) in [5.41, 5.74) is 5.86. The summed E-state index contributed by atoms with van der Waals surface area (Å²) in [5, 5.41) is 9.64. The van der Waals surface area contributed by atoms with Crippen molar-refractivity contribution < 1.29 is 13.5 Å². The molecule has 1 aliphatic rings. The van der Waals surface area contributed by atoms with Crippen molar-refractivity contribution in [2.24, 2.45) is 0 Å². The average Bonchev–Trinajstić information content (AvgIpc) is 3.06. The number of imidazole rings is 1. The smallest absolute Gasteiger partial charge is 0.214 e. The van der Waals surface area contributed by atoms with Crippen molar-refractivity contribution in [2.75, 3.05) is 0 Å². The van der Waals surface area contributed by atoms with Gasteiger partial charge in [0.2, 0.25) is 5.95 Å². The third-order valence-electron chi connectivity index (χ3n) is 6.03. The lowest BCUT2D eigenvalue weighted by Crippen LogP contribution is -2.07. The zero-order valence-corrected chi connectivity index (χ0v) is 18.9. The first-order chi connectivity index (χ1) is 16.5. The Balaban J connectivity index is 1.60. The average molecular weight is 456 g/mol. The summed E-state index contributed by atoms with van der Waals surface area (Å²) in [6.07, 6.45) is 1.65. The third kappa shape index (κ3) is 3.81. The molecule has 2 aromatic heterocycles. The Kier molecular flexibility index (Phi) is 5.58. The molecule has 34 heavy (non-hydrogen) atoms. The van der Waals surface area contributed by atoms with E-state index in [0.717, 1.165) is 40.9 Å². The van der Waals surface area contributed by atoms with Crippen LogP contribution in [0.25, 0.3) is 16.7 Å². The van der Waals surface area contributed by atoms with Crippen LogP contribution in [0.3, 0.4) is 0 Å². The number of benzene rings is 2. The van der Waals surface area contributed by atoms with Crippen LogP contribution < -0.4 is 4.74 Å². The molecular weight excluding hydrogens is 434 g/mol. The quantitative estimate of drug-likeness (QED) is 0.281. The van der Waals surface area contributed by atoms with Gasteiger partial charge in [0.1, 0.15) is 29.5 Å². The molecule has 4 aromatic rings. The van der Waals surface area contributed by atoms with Crippen LogP contribution in [0.15, 0.2) is 54.1 Å². The highest BCUT2D eigenvalue weighted by Crippen LogP contribution is 2.39. The molecule has 5 rings (SSSR count). The number of nitrogens with zero attached hydrogens (tertiary/aromatic N) is 4. The Hall–Kier alpha value is -4.05. The van der Waals surface area contributed by atoms with Crippen molar-refractivity contribution in [2.45, 2.75) is 39.8 Å². The van der Waals surface area contributed by atoms with Gasteiger partial charge < -0.3 is 9.30 Å². The van der Waals surface area contributed by atoms with Gasteiger partial charge in [-0.1, -0.05) is 19.1 Å². The molecule has 0 N–H and O–H groups in total. The molecule has 0 bridgehead atoms. The van der Waals surface area contributed by atoms with Gasteiger partial charge in [0.25, 0.3) is 0 Å². The van der Waals surface area contributed by atoms with E-state index >= 15 is 0 Å². The monoisotopic (exact) mass is 456 g/mol. The Morgan fingerprint density at radius 1 is 1.09 bits per heavy atom. The van der Waals surface area contributed by atoms with E-state index in [2.05, 4.69) is 23.0 Å². The van der Waals surface area contributed by atoms with Crippen LogP contribution in [0.2, 0.25) is 0 Å². The molecule has 0 radical (unpaired) electrons. The van der Waals surface area contributed by atoms with Crippen molar-refractivity contribution >= 4 is 16.7 Å². The van der Waals surface area contributed by atoms with Crippen LogP contribution in [0, 0.1) is 23.1 Å². The highest BCUT2D eigenvalue weighted by Gasteiger charge is 2.23. The molecule has 5 nitrogen and oxygen atoms in total. The summed E-state index contributed by atoms with van der Waals surface area (Å²) >= 11 is 0. The maximum Gasteiger partial charge on any atom is 0.214 e. The molecule has 3 heterocycles. The van der Waals surface area contributed by atoms with Gasteiger partial charge in [-0.15, -0.1) is 0 Å². The molecule has 0 saturated heterocycles. The molecular formula is C27H22F2N4O. The number of aromatic nitrogens is 3. The van der Waals surface area contributed by atoms with Gasteiger partial charge in [-0.25, -0.2) is 9.37 Å². The predicted molar refractivity (Wildman–Crippen MR) is 125 cm³/mol. The largest absolute Gasteiger partial charge is 0.488 e. The number of pyridine rings is 1. The van der Waals surface area contributed by atoms with E-state index in [0.29, 0.717) is 34.6 Å². The van der Waals surface area contributed by atoms with Crippen LogP contribution in [0.1, 0.15) is 48.3 Å². The number of hydrogen-bond acceptors (Lipinski definition) is 4. The van der Waals surface area contributed by atoms with E-state index < -0.39 is 11.8 Å². The maximum atomic E-state index is 13.9. The number of nitriles is 1. The zero-order valence-electron chi connectivity index (χ0n) is 18.9. The fourth-order valence-corrected chi connectivity index (χ4v) is 4.48. The minimum absolute atomic E-state index is 0.237. The summed E-state index contributed by atoms with van der Waals surface area (Å²) in [4.78, 5) is 8.74. The van der Waals surface area contributed by atoms with Crippen LogP contribution in [0.5, 0.6) is 5.75 Å². The summed E-state index contributed by atoms with van der Waals surface area (Å²) in [6.45, 7) is 4.53. The first kappa shape index (κ1) is 21.8. The van der Waals surface area contributed by atoms with E-state index in [1.165, 1.54) is 18.2 Å². The molecule has 0 spiro atoms. The maximum absolute atomic E-state index is 13.9. The second-order valence-electron chi connectivity index (χ2n) is 8.37. The number of hydrogen-bond donors (Lipinski definition) is 0. The molecule has 0 saturated carbocycles. The third-order valence-corrected chi connectivity index (χ3v) is 6.03. The number of aryl methyl sites for hydroxylation is 1. The van der Waals surface area contributed by atoms with E-state index in [4.69, 9.17) is 4.74 Å². The first-order valence-electron chi connectivity index (χ1n) is 11.2. The van der Waals surface area contributed by atoms with E-state index in [9.17, 15) is 14.0 Å². The van der Waals surface area contributed by atoms with Gasteiger partial charge in [-0.3, -0.25) is 0 Å². The predicted octanol–water partition coefficient (Wildman–Crippen LogP) is 5.95. The lowest BCUT2D eigenvalue weighted by molar-refractivity contribution is 0.305. The highest BCUT2D eigenvalue weighted by atomic mass is 19.1. The molecule has 7 heteroatoms. The minimum Gasteiger partial charge on any atom is -0.488 e. The number of fused-ring (bicyclic) bond motifs is 3. The van der Waals surface area contributed by atoms with Gasteiger partial charge in [-0.05, 0) is 60.4 Å². The molecule has 1 aliphatic heterocycles. The van der Waals surface area contributed by atoms with Crippen molar-refractivity contribution in [3.05, 3.63) is 93.9 Å². The molecule has 0 fully saturated rings. The summed E-state index contributed by atoms with van der Waals surface area (Å²) < 4.78 is 35.7. The number of allylic oxidation sites excluding steroid dienone is 1. The van der Waals surface area contributed by atoms with Gasteiger partial charge >= 0.3 is 0 Å². The minimum atomic E-state index is -0.543. The molecule has 0 atom stereocenters. The Bertz CT molecular complexity index is 1500. The summed E-state index contributed by atoms with van der Waals surface area (Å²) in [7, 11) is 0. The van der Waals surface area contributed by atoms with E-state index in [-0.39, 0.29) is 6.61 Å². The summed E-state index contributed by atoms with van der Waals surface area (Å²) in [6, 6.07) is 15.5. The Labute approximate surface area is 196 Å². The zero-order chi connectivity index (χ0) is 23.8. The SMILES string of the molecule is CCCc1nc2ccc(F)nc2n1Cc1ccc2c(c1)COc1cc(F)ccc1/C2=C(\C)C#N. The van der Waals surface area contributed by atoms with Crippen molar-refractivity contribution in [3.63, 3.8) is 0 Å². The number of ether oxygens (including phenoxy) is 1. The molecule has 170 valence electrons. The molecule has 2 aromatic carbocycles. The van der Waals surface area contributed by atoms with Crippen LogP contribution >= 0.6 is 0 Å². The standard InChI is InChI=1S/C27H22F2N4O/c1-3-4-25-31-22-9-10-24(29)32-27(22)33(25)14-17-5-7-20-18(11-17)15-34-23-12-19(28)6-8-21(23)26(20)16(2)13-30/h5-12H,3-4,14-15H2,1-2H3/b26-16+. The van der Waals surface area contributed by atoms with Crippen molar-refractivity contribution in [3.8, 4) is 11.8 Å². The second kappa shape index (κ2) is 8.71. The highest BCUT2D eigenvalue weighted by molar-refractivity contribution is 5.88. The van der Waals surface area contributed by atoms with E-state index in [1.54, 1.807) is 19.1 Å². The van der Waals surface area contributed by atoms with Gasteiger partial charge in [0.05, 0.1) is 12.6 Å². The molecule has 0 amide bonds. The topological polar surface area (TPSA) is 63.7 Å². The van der Waals surface area contributed by atoms with Crippen LogP contribution in [-0.4, -0.2) is 14.5 Å².